The number of hydrogen-bond donors (Lipinski definition) is 0. The molecule has 0 aromatic heterocycles. The SMILES string of the molecule is CCCCC(CC)COC(=O)/C=C\C(=O)OC(C(F)(F)F)C(F)(F)F. The number of ether oxygens (including phenoxy) is 2. The largest absolute Gasteiger partial charge is 0.462 e. The zero-order chi connectivity index (χ0) is 19.7. The highest BCUT2D eigenvalue weighted by molar-refractivity contribution is 5.91. The van der Waals surface area contributed by atoms with Crippen LogP contribution in [0.4, 0.5) is 26.3 Å². The van der Waals surface area contributed by atoms with Gasteiger partial charge >= 0.3 is 24.3 Å². The van der Waals surface area contributed by atoms with Gasteiger partial charge in [0.15, 0.2) is 0 Å². The number of alkyl halides is 6. The third kappa shape index (κ3) is 9.98. The predicted molar refractivity (Wildman–Crippen MR) is 75.4 cm³/mol. The van der Waals surface area contributed by atoms with E-state index < -0.39 is 30.4 Å². The van der Waals surface area contributed by atoms with Gasteiger partial charge in [0.1, 0.15) is 0 Å². The lowest BCUT2D eigenvalue weighted by molar-refractivity contribution is -0.312. The molecule has 0 fully saturated rings. The van der Waals surface area contributed by atoms with Crippen molar-refractivity contribution >= 4 is 11.9 Å². The van der Waals surface area contributed by atoms with Crippen molar-refractivity contribution in [2.45, 2.75) is 58.0 Å². The average Bonchev–Trinajstić information content (AvgIpc) is 2.48. The molecule has 1 unspecified atom stereocenters. The van der Waals surface area contributed by atoms with Gasteiger partial charge in [0, 0.05) is 12.2 Å². The summed E-state index contributed by atoms with van der Waals surface area (Å²) in [6.07, 6.45) is -11.9. The van der Waals surface area contributed by atoms with Crippen molar-refractivity contribution in [1.82, 2.24) is 0 Å². The Morgan fingerprint density at radius 1 is 0.960 bits per heavy atom. The Morgan fingerprint density at radius 3 is 1.92 bits per heavy atom. The second-order valence-electron chi connectivity index (χ2n) is 5.28. The minimum atomic E-state index is -5.81. The maximum absolute atomic E-state index is 12.2. The van der Waals surface area contributed by atoms with Crippen LogP contribution in [0.3, 0.4) is 0 Å². The highest BCUT2D eigenvalue weighted by Gasteiger charge is 2.59. The molecule has 0 heterocycles. The number of carbonyl (C=O) groups excluding carboxylic acids is 2. The normalized spacial score (nSPS) is 14.0. The molecule has 0 aromatic carbocycles. The molecule has 0 saturated heterocycles. The second-order valence-corrected chi connectivity index (χ2v) is 5.28. The van der Waals surface area contributed by atoms with Crippen LogP contribution in [0.5, 0.6) is 0 Å². The van der Waals surface area contributed by atoms with Crippen molar-refractivity contribution in [2.24, 2.45) is 5.92 Å². The molecule has 0 spiro atoms. The van der Waals surface area contributed by atoms with Crippen LogP contribution in [0.2, 0.25) is 0 Å². The van der Waals surface area contributed by atoms with Crippen LogP contribution < -0.4 is 0 Å². The van der Waals surface area contributed by atoms with E-state index in [9.17, 15) is 35.9 Å². The zero-order valence-corrected chi connectivity index (χ0v) is 13.7. The van der Waals surface area contributed by atoms with E-state index in [-0.39, 0.29) is 18.6 Å². The van der Waals surface area contributed by atoms with Gasteiger partial charge in [-0.2, -0.15) is 26.3 Å². The van der Waals surface area contributed by atoms with Crippen LogP contribution in [0, 0.1) is 5.92 Å². The third-order valence-corrected chi connectivity index (χ3v) is 3.19. The van der Waals surface area contributed by atoms with Crippen molar-refractivity contribution in [2.75, 3.05) is 6.61 Å². The van der Waals surface area contributed by atoms with Gasteiger partial charge < -0.3 is 9.47 Å². The molecular formula is C15H20F6O4. The topological polar surface area (TPSA) is 52.6 Å². The fraction of sp³-hybridized carbons (Fsp3) is 0.733. The quantitative estimate of drug-likeness (QED) is 0.340. The maximum atomic E-state index is 12.2. The Morgan fingerprint density at radius 2 is 1.48 bits per heavy atom. The fourth-order valence-corrected chi connectivity index (χ4v) is 1.76. The van der Waals surface area contributed by atoms with Gasteiger partial charge in [-0.1, -0.05) is 33.1 Å². The van der Waals surface area contributed by atoms with Gasteiger partial charge in [-0.25, -0.2) is 9.59 Å². The summed E-state index contributed by atoms with van der Waals surface area (Å²) in [4.78, 5) is 22.4. The summed E-state index contributed by atoms with van der Waals surface area (Å²) in [6.45, 7) is 3.92. The molecule has 4 nitrogen and oxygen atoms in total. The molecule has 146 valence electrons. The molecule has 0 saturated carbocycles. The highest BCUT2D eigenvalue weighted by atomic mass is 19.4. The summed E-state index contributed by atoms with van der Waals surface area (Å²) in [5.41, 5.74) is 0. The maximum Gasteiger partial charge on any atom is 0.434 e. The summed E-state index contributed by atoms with van der Waals surface area (Å²) in [5.74, 6) is -2.92. The summed E-state index contributed by atoms with van der Waals surface area (Å²) in [6, 6.07) is 0. The van der Waals surface area contributed by atoms with Gasteiger partial charge in [0.2, 0.25) is 0 Å². The van der Waals surface area contributed by atoms with E-state index in [4.69, 9.17) is 4.74 Å². The minimum Gasteiger partial charge on any atom is -0.462 e. The minimum absolute atomic E-state index is 0.0441. The van der Waals surface area contributed by atoms with E-state index in [1.54, 1.807) is 0 Å². The second kappa shape index (κ2) is 10.3. The van der Waals surface area contributed by atoms with Crippen molar-refractivity contribution in [1.29, 1.82) is 0 Å². The van der Waals surface area contributed by atoms with Crippen LogP contribution in [-0.2, 0) is 19.1 Å². The van der Waals surface area contributed by atoms with Crippen LogP contribution in [0.25, 0.3) is 0 Å². The van der Waals surface area contributed by atoms with Crippen LogP contribution in [-0.4, -0.2) is 37.0 Å². The molecule has 0 rings (SSSR count). The van der Waals surface area contributed by atoms with E-state index in [2.05, 4.69) is 4.74 Å². The summed E-state index contributed by atoms with van der Waals surface area (Å²) >= 11 is 0. The number of hydrogen-bond acceptors (Lipinski definition) is 4. The number of halogens is 6. The van der Waals surface area contributed by atoms with E-state index in [0.29, 0.717) is 6.08 Å². The van der Waals surface area contributed by atoms with E-state index in [1.807, 2.05) is 13.8 Å². The molecule has 0 aliphatic carbocycles. The van der Waals surface area contributed by atoms with Crippen LogP contribution >= 0.6 is 0 Å². The summed E-state index contributed by atoms with van der Waals surface area (Å²) in [7, 11) is 0. The first-order valence-electron chi connectivity index (χ1n) is 7.60. The third-order valence-electron chi connectivity index (χ3n) is 3.19. The zero-order valence-electron chi connectivity index (χ0n) is 13.7. The van der Waals surface area contributed by atoms with Crippen molar-refractivity contribution in [3.8, 4) is 0 Å². The highest BCUT2D eigenvalue weighted by Crippen LogP contribution is 2.35. The molecule has 0 aliphatic rings. The predicted octanol–water partition coefficient (Wildman–Crippen LogP) is 4.34. The Hall–Kier alpha value is -1.74. The number of esters is 2. The Bertz CT molecular complexity index is 442. The van der Waals surface area contributed by atoms with Crippen molar-refractivity contribution < 1.29 is 45.4 Å². The van der Waals surface area contributed by atoms with Gasteiger partial charge in [-0.05, 0) is 12.3 Å². The van der Waals surface area contributed by atoms with Crippen molar-refractivity contribution in [3.05, 3.63) is 12.2 Å². The lowest BCUT2D eigenvalue weighted by Gasteiger charge is -2.22. The first-order valence-corrected chi connectivity index (χ1v) is 7.60. The first kappa shape index (κ1) is 23.3. The number of carbonyl (C=O) groups is 2. The molecule has 0 radical (unpaired) electrons. The number of rotatable bonds is 9. The molecule has 1 atom stereocenters. The molecule has 25 heavy (non-hydrogen) atoms. The van der Waals surface area contributed by atoms with E-state index in [0.717, 1.165) is 25.7 Å². The molecule has 0 aromatic rings. The Kier molecular flexibility index (Phi) is 9.58. The molecule has 0 N–H and O–H groups in total. The first-order chi connectivity index (χ1) is 11.4. The fourth-order valence-electron chi connectivity index (χ4n) is 1.76. The van der Waals surface area contributed by atoms with E-state index in [1.165, 1.54) is 0 Å². The molecule has 0 bridgehead atoms. The van der Waals surface area contributed by atoms with Gasteiger partial charge in [0.25, 0.3) is 6.10 Å². The van der Waals surface area contributed by atoms with E-state index >= 15 is 0 Å². The van der Waals surface area contributed by atoms with Gasteiger partial charge in [-0.15, -0.1) is 0 Å². The summed E-state index contributed by atoms with van der Waals surface area (Å²) in [5, 5.41) is 0. The molecular weight excluding hydrogens is 358 g/mol. The van der Waals surface area contributed by atoms with Gasteiger partial charge in [0.05, 0.1) is 6.61 Å². The van der Waals surface area contributed by atoms with Crippen LogP contribution in [0.1, 0.15) is 39.5 Å². The van der Waals surface area contributed by atoms with Crippen molar-refractivity contribution in [3.63, 3.8) is 0 Å². The molecule has 10 heteroatoms. The van der Waals surface area contributed by atoms with Crippen LogP contribution in [0.15, 0.2) is 12.2 Å². The smallest absolute Gasteiger partial charge is 0.434 e. The molecule has 0 amide bonds. The lowest BCUT2D eigenvalue weighted by Crippen LogP contribution is -2.45. The van der Waals surface area contributed by atoms with Gasteiger partial charge in [-0.3, -0.25) is 0 Å². The lowest BCUT2D eigenvalue weighted by atomic mass is 10.0. The standard InChI is InChI=1S/C15H20F6O4/c1-3-5-6-10(4-2)9-24-11(22)7-8-12(23)25-13(14(16,17)18)15(19,20)21/h7-8,10,13H,3-6,9H2,1-2H3/b8-7-. The monoisotopic (exact) mass is 378 g/mol. The number of unbranched alkanes of at least 4 members (excludes halogenated alkanes) is 1. The Labute approximate surface area is 141 Å². The Balaban J connectivity index is 4.55. The average molecular weight is 378 g/mol. The summed E-state index contributed by atoms with van der Waals surface area (Å²) < 4.78 is 81.4. The molecule has 0 aliphatic heterocycles.